The van der Waals surface area contributed by atoms with E-state index in [4.69, 9.17) is 4.98 Å². The Morgan fingerprint density at radius 3 is 3.00 bits per heavy atom. The predicted octanol–water partition coefficient (Wildman–Crippen LogP) is 1.02. The summed E-state index contributed by atoms with van der Waals surface area (Å²) in [6, 6.07) is -0.190. The van der Waals surface area contributed by atoms with E-state index in [2.05, 4.69) is 5.32 Å². The molecule has 5 rings (SSSR count). The first-order valence-corrected chi connectivity index (χ1v) is 9.51. The summed E-state index contributed by atoms with van der Waals surface area (Å²) in [5.41, 5.74) is 0.921. The molecule has 2 aromatic heterocycles. The van der Waals surface area contributed by atoms with E-state index in [-0.39, 0.29) is 23.4 Å². The fraction of sp³-hybridized carbons (Fsp3) is 0.588. The monoisotopic (exact) mass is 362 g/mol. The average Bonchev–Trinajstić information content (AvgIpc) is 3.15. The molecule has 1 amide bonds. The van der Waals surface area contributed by atoms with Gasteiger partial charge in [-0.1, -0.05) is 0 Å². The highest BCUT2D eigenvalue weighted by atomic mass is 32.1. The first-order chi connectivity index (χ1) is 12.0. The van der Waals surface area contributed by atoms with Crippen LogP contribution in [0.3, 0.4) is 0 Å². The fourth-order valence-corrected chi connectivity index (χ4v) is 5.74. The van der Waals surface area contributed by atoms with Gasteiger partial charge in [0, 0.05) is 31.4 Å². The summed E-state index contributed by atoms with van der Waals surface area (Å²) >= 11 is 1.44. The third-order valence-electron chi connectivity index (χ3n) is 5.71. The number of halogens is 1. The Bertz CT molecular complexity index is 952. The van der Waals surface area contributed by atoms with Gasteiger partial charge >= 0.3 is 0 Å². The molecule has 132 valence electrons. The largest absolute Gasteiger partial charge is 0.338 e. The molecule has 3 atom stereocenters. The Hall–Kier alpha value is -1.80. The lowest BCUT2D eigenvalue weighted by atomic mass is 9.95. The van der Waals surface area contributed by atoms with Crippen molar-refractivity contribution < 1.29 is 9.18 Å². The molecule has 8 heteroatoms. The number of alkyl halides is 1. The number of nitrogens with one attached hydrogen (secondary N) is 1. The van der Waals surface area contributed by atoms with Gasteiger partial charge in [0.2, 0.25) is 5.91 Å². The quantitative estimate of drug-likeness (QED) is 0.760. The number of hydrogen-bond acceptors (Lipinski definition) is 5. The van der Waals surface area contributed by atoms with Gasteiger partial charge in [-0.3, -0.25) is 14.2 Å². The SMILES string of the molecule is CN1Cc2nc3sc4c(c3c(=O)n2[C@H]2CNC[C@H]2C1=O)CCC(F)C4. The van der Waals surface area contributed by atoms with Gasteiger partial charge in [0.1, 0.15) is 16.8 Å². The van der Waals surface area contributed by atoms with Crippen molar-refractivity contribution >= 4 is 27.5 Å². The maximum absolute atomic E-state index is 13.8. The minimum absolute atomic E-state index is 0.0587. The first-order valence-electron chi connectivity index (χ1n) is 8.70. The molecule has 1 saturated heterocycles. The zero-order valence-electron chi connectivity index (χ0n) is 13.9. The van der Waals surface area contributed by atoms with E-state index in [1.54, 1.807) is 16.5 Å². The molecule has 2 aliphatic heterocycles. The van der Waals surface area contributed by atoms with Crippen molar-refractivity contribution in [3.63, 3.8) is 0 Å². The second-order valence-electron chi connectivity index (χ2n) is 7.25. The highest BCUT2D eigenvalue weighted by Gasteiger charge is 2.41. The van der Waals surface area contributed by atoms with Crippen LogP contribution in [-0.4, -0.2) is 46.7 Å². The molecule has 1 aliphatic carbocycles. The third kappa shape index (κ3) is 2.13. The number of aryl methyl sites for hydroxylation is 1. The summed E-state index contributed by atoms with van der Waals surface area (Å²) in [6.45, 7) is 1.53. The molecule has 6 nitrogen and oxygen atoms in total. The lowest BCUT2D eigenvalue weighted by molar-refractivity contribution is -0.134. The molecule has 4 heterocycles. The van der Waals surface area contributed by atoms with Gasteiger partial charge in [0.25, 0.3) is 5.56 Å². The number of amides is 1. The van der Waals surface area contributed by atoms with Crippen molar-refractivity contribution in [2.45, 2.75) is 38.0 Å². The molecule has 0 aromatic carbocycles. The van der Waals surface area contributed by atoms with Gasteiger partial charge in [-0.05, 0) is 18.4 Å². The van der Waals surface area contributed by atoms with Gasteiger partial charge in [0.15, 0.2) is 0 Å². The van der Waals surface area contributed by atoms with Crippen LogP contribution in [-0.2, 0) is 24.2 Å². The summed E-state index contributed by atoms with van der Waals surface area (Å²) in [5.74, 6) is 0.471. The minimum Gasteiger partial charge on any atom is -0.338 e. The lowest BCUT2D eigenvalue weighted by Gasteiger charge is -2.19. The highest BCUT2D eigenvalue weighted by Crippen LogP contribution is 2.36. The average molecular weight is 362 g/mol. The molecule has 2 aromatic rings. The zero-order valence-corrected chi connectivity index (χ0v) is 14.7. The molecular formula is C17H19FN4O2S. The molecule has 0 spiro atoms. The maximum atomic E-state index is 13.8. The maximum Gasteiger partial charge on any atom is 0.262 e. The number of rotatable bonds is 0. The number of carbonyl (C=O) groups excluding carboxylic acids is 1. The Morgan fingerprint density at radius 1 is 1.32 bits per heavy atom. The normalized spacial score (nSPS) is 28.6. The van der Waals surface area contributed by atoms with Crippen molar-refractivity contribution in [3.05, 3.63) is 26.6 Å². The summed E-state index contributed by atoms with van der Waals surface area (Å²) in [4.78, 5) is 34.1. The summed E-state index contributed by atoms with van der Waals surface area (Å²) in [6.07, 6.45) is 0.623. The van der Waals surface area contributed by atoms with Crippen LogP contribution >= 0.6 is 11.3 Å². The van der Waals surface area contributed by atoms with Crippen molar-refractivity contribution in [1.29, 1.82) is 0 Å². The second-order valence-corrected chi connectivity index (χ2v) is 8.34. The Kier molecular flexibility index (Phi) is 3.31. The van der Waals surface area contributed by atoms with Gasteiger partial charge in [-0.25, -0.2) is 9.37 Å². The topological polar surface area (TPSA) is 67.2 Å². The number of carbonyl (C=O) groups is 1. The zero-order chi connectivity index (χ0) is 17.3. The lowest BCUT2D eigenvalue weighted by Crippen LogP contribution is -2.34. The molecule has 0 bridgehead atoms. The fourth-order valence-electron chi connectivity index (χ4n) is 4.45. The van der Waals surface area contributed by atoms with Crippen molar-refractivity contribution in [2.24, 2.45) is 5.92 Å². The smallest absolute Gasteiger partial charge is 0.262 e. The molecule has 3 aliphatic rings. The predicted molar refractivity (Wildman–Crippen MR) is 92.7 cm³/mol. The van der Waals surface area contributed by atoms with Crippen LogP contribution in [0.25, 0.3) is 10.2 Å². The number of thiophene rings is 1. The Balaban J connectivity index is 1.77. The van der Waals surface area contributed by atoms with Crippen molar-refractivity contribution in [1.82, 2.24) is 19.8 Å². The van der Waals surface area contributed by atoms with Crippen LogP contribution in [0.5, 0.6) is 0 Å². The van der Waals surface area contributed by atoms with E-state index in [1.807, 2.05) is 0 Å². The number of nitrogens with zero attached hydrogens (tertiary/aromatic N) is 3. The minimum atomic E-state index is -0.826. The molecule has 25 heavy (non-hydrogen) atoms. The molecular weight excluding hydrogens is 343 g/mol. The van der Waals surface area contributed by atoms with Crippen LogP contribution < -0.4 is 10.9 Å². The van der Waals surface area contributed by atoms with E-state index in [0.717, 1.165) is 10.4 Å². The van der Waals surface area contributed by atoms with E-state index in [0.29, 0.717) is 54.9 Å². The summed E-state index contributed by atoms with van der Waals surface area (Å²) in [7, 11) is 1.76. The molecule has 1 unspecified atom stereocenters. The molecule has 0 saturated carbocycles. The summed E-state index contributed by atoms with van der Waals surface area (Å²) < 4.78 is 15.5. The van der Waals surface area contributed by atoms with E-state index in [9.17, 15) is 14.0 Å². The van der Waals surface area contributed by atoms with Crippen molar-refractivity contribution in [3.8, 4) is 0 Å². The number of fused-ring (bicyclic) bond motifs is 6. The van der Waals surface area contributed by atoms with Gasteiger partial charge in [-0.2, -0.15) is 0 Å². The van der Waals surface area contributed by atoms with Crippen LogP contribution in [0, 0.1) is 5.92 Å². The van der Waals surface area contributed by atoms with Crippen LogP contribution in [0.1, 0.15) is 28.7 Å². The van der Waals surface area contributed by atoms with Gasteiger partial charge < -0.3 is 10.2 Å². The standard InChI is InChI=1S/C17H19FN4O2S/c1-21-7-13-20-15-14(9-3-2-8(18)4-12(9)25-15)17(24)22(13)11-6-19-5-10(11)16(21)23/h8,10-11,19H,2-7H2,1H3/t8?,10-,11+/m1/s1. The van der Waals surface area contributed by atoms with E-state index in [1.165, 1.54) is 11.3 Å². The van der Waals surface area contributed by atoms with E-state index < -0.39 is 6.17 Å². The third-order valence-corrected chi connectivity index (χ3v) is 6.86. The van der Waals surface area contributed by atoms with Crippen molar-refractivity contribution in [2.75, 3.05) is 20.1 Å². The highest BCUT2D eigenvalue weighted by molar-refractivity contribution is 7.18. The Labute approximate surface area is 147 Å². The first kappa shape index (κ1) is 15.5. The summed E-state index contributed by atoms with van der Waals surface area (Å²) in [5, 5.41) is 3.89. The number of hydrogen-bond donors (Lipinski definition) is 1. The van der Waals surface area contributed by atoms with Crippen LogP contribution in [0.15, 0.2) is 4.79 Å². The Morgan fingerprint density at radius 2 is 2.16 bits per heavy atom. The second kappa shape index (κ2) is 5.35. The molecule has 0 radical (unpaired) electrons. The van der Waals surface area contributed by atoms with Crippen LogP contribution in [0.2, 0.25) is 0 Å². The molecule has 1 fully saturated rings. The van der Waals surface area contributed by atoms with Gasteiger partial charge in [-0.15, -0.1) is 11.3 Å². The number of aromatic nitrogens is 2. The molecule has 1 N–H and O–H groups in total. The van der Waals surface area contributed by atoms with E-state index >= 15 is 0 Å². The van der Waals surface area contributed by atoms with Gasteiger partial charge in [0.05, 0.1) is 23.9 Å². The van der Waals surface area contributed by atoms with Crippen LogP contribution in [0.4, 0.5) is 4.39 Å².